The van der Waals surface area contributed by atoms with Crippen LogP contribution in [0.1, 0.15) is 23.6 Å². The summed E-state index contributed by atoms with van der Waals surface area (Å²) in [5.41, 5.74) is 4.29. The second kappa shape index (κ2) is 8.29. The maximum absolute atomic E-state index is 6.05. The van der Waals surface area contributed by atoms with Gasteiger partial charge in [-0.1, -0.05) is 48.9 Å². The van der Waals surface area contributed by atoms with E-state index in [9.17, 15) is 0 Å². The molecule has 0 amide bonds. The van der Waals surface area contributed by atoms with Crippen molar-refractivity contribution in [1.82, 2.24) is 0 Å². The van der Waals surface area contributed by atoms with Crippen LogP contribution in [0.5, 0.6) is 0 Å². The molecule has 0 radical (unpaired) electrons. The zero-order valence-corrected chi connectivity index (χ0v) is 13.6. The molecule has 2 aromatic carbocycles. The average molecular weight is 324 g/mol. The molecule has 112 valence electrons. The Kier molecular flexibility index (Phi) is 6.39. The van der Waals surface area contributed by atoms with Crippen LogP contribution < -0.4 is 4.72 Å². The highest BCUT2D eigenvalue weighted by molar-refractivity contribution is 7.95. The van der Waals surface area contributed by atoms with Crippen LogP contribution in [0.3, 0.4) is 0 Å². The molecule has 0 spiro atoms. The molecule has 0 saturated carbocycles. The van der Waals surface area contributed by atoms with E-state index < -0.39 is 0 Å². The van der Waals surface area contributed by atoms with Crippen molar-refractivity contribution in [1.29, 1.82) is 0 Å². The maximum atomic E-state index is 6.05. The summed E-state index contributed by atoms with van der Waals surface area (Å²) in [5, 5.41) is 0.735. The van der Waals surface area contributed by atoms with Gasteiger partial charge in [0.1, 0.15) is 18.8 Å². The molecule has 0 saturated heterocycles. The molecule has 0 heterocycles. The number of halogens is 1. The Labute approximate surface area is 134 Å². The zero-order valence-electron chi connectivity index (χ0n) is 12.1. The van der Waals surface area contributed by atoms with Gasteiger partial charge in [-0.3, -0.25) is 0 Å². The first kappa shape index (κ1) is 16.2. The lowest BCUT2D eigenvalue weighted by Gasteiger charge is -2.09. The Balaban J connectivity index is 1.73. The molecule has 0 unspecified atom stereocenters. The van der Waals surface area contributed by atoms with Crippen molar-refractivity contribution in [2.45, 2.75) is 26.9 Å². The number of aryl methyl sites for hydroxylation is 2. The number of nitrogens with one attached hydrogen (secondary N) is 1. The van der Waals surface area contributed by atoms with E-state index in [1.54, 1.807) is 0 Å². The lowest BCUT2D eigenvalue weighted by molar-refractivity contribution is -0.201. The lowest BCUT2D eigenvalue weighted by Crippen LogP contribution is -1.96. The molecule has 1 N–H and O–H groups in total. The van der Waals surface area contributed by atoms with E-state index >= 15 is 0 Å². The number of hydrogen-bond acceptors (Lipinski definition) is 4. The summed E-state index contributed by atoms with van der Waals surface area (Å²) in [6, 6.07) is 13.9. The standard InChI is InChI=1S/C16H18ClNO2S/c1-3-14-6-4-5-7-16(14)18-21-20-19-11-13-9-8-12(2)15(17)10-13/h4-10,18H,3,11H2,1-2H3. The third-order valence-corrected chi connectivity index (χ3v) is 3.97. The SMILES string of the molecule is CCc1ccccc1NSOOCc1ccc(C)c(Cl)c1. The Morgan fingerprint density at radius 3 is 2.76 bits per heavy atom. The Hall–Kier alpha value is -1.20. The highest BCUT2D eigenvalue weighted by Gasteiger charge is 2.01. The molecule has 0 aliphatic carbocycles. The summed E-state index contributed by atoms with van der Waals surface area (Å²) >= 11 is 7.11. The van der Waals surface area contributed by atoms with Gasteiger partial charge in [0.25, 0.3) is 0 Å². The minimum atomic E-state index is 0.351. The van der Waals surface area contributed by atoms with Gasteiger partial charge in [0, 0.05) is 10.7 Å². The van der Waals surface area contributed by atoms with Crippen molar-refractivity contribution >= 4 is 29.5 Å². The molecule has 21 heavy (non-hydrogen) atoms. The predicted molar refractivity (Wildman–Crippen MR) is 89.1 cm³/mol. The minimum absolute atomic E-state index is 0.351. The van der Waals surface area contributed by atoms with E-state index in [2.05, 4.69) is 17.7 Å². The van der Waals surface area contributed by atoms with Crippen molar-refractivity contribution in [2.75, 3.05) is 4.72 Å². The first-order chi connectivity index (χ1) is 10.2. The summed E-state index contributed by atoms with van der Waals surface area (Å²) < 4.78 is 8.19. The second-order valence-corrected chi connectivity index (χ2v) is 5.52. The monoisotopic (exact) mass is 323 g/mol. The number of rotatable bonds is 7. The molecule has 0 fully saturated rings. The van der Waals surface area contributed by atoms with Crippen LogP contribution in [-0.2, 0) is 22.2 Å². The summed E-state index contributed by atoms with van der Waals surface area (Å²) in [4.78, 5) is 5.15. The van der Waals surface area contributed by atoms with Crippen LogP contribution in [-0.4, -0.2) is 0 Å². The van der Waals surface area contributed by atoms with Crippen molar-refractivity contribution in [3.8, 4) is 0 Å². The van der Waals surface area contributed by atoms with Gasteiger partial charge in [0.2, 0.25) is 0 Å². The lowest BCUT2D eigenvalue weighted by atomic mass is 10.1. The summed E-state index contributed by atoms with van der Waals surface area (Å²) in [7, 11) is 0. The van der Waals surface area contributed by atoms with Crippen molar-refractivity contribution in [3.05, 3.63) is 64.2 Å². The molecule has 2 aromatic rings. The van der Waals surface area contributed by atoms with E-state index in [1.807, 2.05) is 43.3 Å². The van der Waals surface area contributed by atoms with Gasteiger partial charge in [0.15, 0.2) is 0 Å². The normalized spacial score (nSPS) is 10.6. The fourth-order valence-electron chi connectivity index (χ4n) is 1.83. The van der Waals surface area contributed by atoms with Gasteiger partial charge in [-0.15, -0.1) is 4.33 Å². The van der Waals surface area contributed by atoms with Crippen LogP contribution in [0, 0.1) is 6.92 Å². The first-order valence-corrected chi connectivity index (χ1v) is 7.86. The smallest absolute Gasteiger partial charge is 0.148 e. The number of hydrogen-bond donors (Lipinski definition) is 1. The van der Waals surface area contributed by atoms with E-state index in [0.717, 1.165) is 40.5 Å². The van der Waals surface area contributed by atoms with Gasteiger partial charge in [0.05, 0.1) is 0 Å². The van der Waals surface area contributed by atoms with Gasteiger partial charge < -0.3 is 4.72 Å². The molecular weight excluding hydrogens is 306 g/mol. The number of anilines is 1. The highest BCUT2D eigenvalue weighted by Crippen LogP contribution is 2.21. The minimum Gasteiger partial charge on any atom is -0.304 e. The van der Waals surface area contributed by atoms with E-state index in [4.69, 9.17) is 20.8 Å². The molecule has 3 nitrogen and oxygen atoms in total. The fraction of sp³-hybridized carbons (Fsp3) is 0.250. The third kappa shape index (κ3) is 4.93. The van der Waals surface area contributed by atoms with Gasteiger partial charge in [-0.25, -0.2) is 4.89 Å². The summed E-state index contributed by atoms with van der Waals surface area (Å²) in [5.74, 6) is 0. The Morgan fingerprint density at radius 1 is 1.19 bits per heavy atom. The average Bonchev–Trinajstić information content (AvgIpc) is 2.51. The van der Waals surface area contributed by atoms with Crippen molar-refractivity contribution in [3.63, 3.8) is 0 Å². The van der Waals surface area contributed by atoms with E-state index in [1.165, 1.54) is 5.56 Å². The summed E-state index contributed by atoms with van der Waals surface area (Å²) in [6.45, 7) is 4.43. The van der Waals surface area contributed by atoms with Gasteiger partial charge in [-0.05, 0) is 42.2 Å². The molecule has 0 bridgehead atoms. The van der Waals surface area contributed by atoms with Crippen molar-refractivity contribution < 1.29 is 9.22 Å². The quantitative estimate of drug-likeness (QED) is 0.245. The van der Waals surface area contributed by atoms with Crippen LogP contribution in [0.2, 0.25) is 5.02 Å². The Bertz CT molecular complexity index is 592. The van der Waals surface area contributed by atoms with Crippen molar-refractivity contribution in [2.24, 2.45) is 0 Å². The van der Waals surface area contributed by atoms with E-state index in [-0.39, 0.29) is 0 Å². The number of para-hydroxylation sites is 1. The van der Waals surface area contributed by atoms with Crippen LogP contribution >= 0.6 is 23.8 Å². The molecule has 0 aromatic heterocycles. The highest BCUT2D eigenvalue weighted by atomic mass is 35.5. The van der Waals surface area contributed by atoms with Gasteiger partial charge in [-0.2, -0.15) is 0 Å². The topological polar surface area (TPSA) is 30.5 Å². The van der Waals surface area contributed by atoms with Crippen LogP contribution in [0.4, 0.5) is 5.69 Å². The zero-order chi connectivity index (χ0) is 15.1. The molecule has 0 aliphatic heterocycles. The molecule has 2 rings (SSSR count). The largest absolute Gasteiger partial charge is 0.304 e. The third-order valence-electron chi connectivity index (χ3n) is 3.09. The molecule has 0 aliphatic rings. The van der Waals surface area contributed by atoms with Gasteiger partial charge >= 0.3 is 0 Å². The number of benzene rings is 2. The van der Waals surface area contributed by atoms with Crippen LogP contribution in [0.25, 0.3) is 0 Å². The first-order valence-electron chi connectivity index (χ1n) is 6.74. The Morgan fingerprint density at radius 2 is 2.00 bits per heavy atom. The molecule has 5 heteroatoms. The molecule has 0 atom stereocenters. The second-order valence-electron chi connectivity index (χ2n) is 4.61. The molecular formula is C16H18ClNO2S. The summed E-state index contributed by atoms with van der Waals surface area (Å²) in [6.07, 6.45) is 0.965. The fourth-order valence-corrected chi connectivity index (χ4v) is 2.45. The van der Waals surface area contributed by atoms with Crippen LogP contribution in [0.15, 0.2) is 42.5 Å². The predicted octanol–water partition coefficient (Wildman–Crippen LogP) is 5.33. The maximum Gasteiger partial charge on any atom is 0.148 e. The van der Waals surface area contributed by atoms with E-state index in [0.29, 0.717) is 6.61 Å².